The molecule has 1 aliphatic carbocycles. The highest BCUT2D eigenvalue weighted by molar-refractivity contribution is 6.35. The van der Waals surface area contributed by atoms with E-state index in [1.165, 1.54) is 6.92 Å². The zero-order valence-electron chi connectivity index (χ0n) is 16.6. The van der Waals surface area contributed by atoms with Crippen LogP contribution < -0.4 is 5.32 Å². The number of carbonyl (C=O) groups excluding carboxylic acids is 1. The van der Waals surface area contributed by atoms with Crippen LogP contribution in [0.2, 0.25) is 5.02 Å². The highest BCUT2D eigenvalue weighted by Crippen LogP contribution is 2.49. The predicted octanol–water partition coefficient (Wildman–Crippen LogP) is 3.22. The first-order valence-corrected chi connectivity index (χ1v) is 10.4. The third kappa shape index (κ3) is 3.43. The second-order valence-electron chi connectivity index (χ2n) is 7.78. The highest BCUT2D eigenvalue weighted by Gasteiger charge is 2.42. The molecule has 0 amide bonds. The Morgan fingerprint density at radius 2 is 2.34 bits per heavy atom. The number of carbonyl (C=O) groups is 1. The molecule has 0 spiro atoms. The van der Waals surface area contributed by atoms with Crippen molar-refractivity contribution in [1.29, 1.82) is 5.26 Å². The molecule has 29 heavy (non-hydrogen) atoms. The van der Waals surface area contributed by atoms with Crippen LogP contribution >= 0.6 is 11.6 Å². The van der Waals surface area contributed by atoms with Gasteiger partial charge in [-0.1, -0.05) is 24.9 Å². The summed E-state index contributed by atoms with van der Waals surface area (Å²) in [6, 6.07) is 2.12. The van der Waals surface area contributed by atoms with Crippen molar-refractivity contribution in [1.82, 2.24) is 14.6 Å². The number of nitrogens with one attached hydrogen (secondary N) is 1. The number of esters is 1. The Hall–Kier alpha value is -2.37. The summed E-state index contributed by atoms with van der Waals surface area (Å²) in [5.41, 5.74) is 1.92. The van der Waals surface area contributed by atoms with Gasteiger partial charge >= 0.3 is 5.97 Å². The Kier molecular flexibility index (Phi) is 5.36. The molecule has 3 heterocycles. The van der Waals surface area contributed by atoms with E-state index < -0.39 is 6.10 Å². The number of halogens is 1. The molecule has 0 unspecified atom stereocenters. The Morgan fingerprint density at radius 1 is 1.55 bits per heavy atom. The summed E-state index contributed by atoms with van der Waals surface area (Å²) in [5, 5.41) is 18.1. The van der Waals surface area contributed by atoms with Crippen molar-refractivity contribution in [3.05, 3.63) is 22.5 Å². The number of hydrogen-bond donors (Lipinski definition) is 1. The molecule has 1 saturated heterocycles. The lowest BCUT2D eigenvalue weighted by molar-refractivity contribution is -0.153. The smallest absolute Gasteiger partial charge is 0.303 e. The summed E-state index contributed by atoms with van der Waals surface area (Å²) in [4.78, 5) is 15.8. The Balaban J connectivity index is 1.72. The number of hydrogen-bond acceptors (Lipinski definition) is 7. The Morgan fingerprint density at radius 3 is 2.97 bits per heavy atom. The van der Waals surface area contributed by atoms with Crippen molar-refractivity contribution in [2.45, 2.75) is 63.5 Å². The van der Waals surface area contributed by atoms with Crippen molar-refractivity contribution in [2.24, 2.45) is 0 Å². The second kappa shape index (κ2) is 7.81. The van der Waals surface area contributed by atoms with Gasteiger partial charge in [0, 0.05) is 18.9 Å². The van der Waals surface area contributed by atoms with Gasteiger partial charge in [0.2, 0.25) is 5.95 Å². The SMILES string of the molecule is CCC1(c2c(C#N)c(Cl)c3cnc(N[C@@H]4CCOC[C@H]4OC(C)=O)nn23)CCC1. The van der Waals surface area contributed by atoms with Gasteiger partial charge in [-0.15, -0.1) is 5.10 Å². The van der Waals surface area contributed by atoms with Gasteiger partial charge < -0.3 is 14.8 Å². The molecule has 0 bridgehead atoms. The maximum Gasteiger partial charge on any atom is 0.303 e. The van der Waals surface area contributed by atoms with Crippen molar-refractivity contribution >= 4 is 29.0 Å². The fourth-order valence-corrected chi connectivity index (χ4v) is 4.66. The maximum atomic E-state index is 11.4. The summed E-state index contributed by atoms with van der Waals surface area (Å²) in [7, 11) is 0. The van der Waals surface area contributed by atoms with E-state index in [1.54, 1.807) is 10.7 Å². The van der Waals surface area contributed by atoms with Gasteiger partial charge in [-0.3, -0.25) is 4.79 Å². The van der Waals surface area contributed by atoms with Gasteiger partial charge in [-0.25, -0.2) is 9.50 Å². The van der Waals surface area contributed by atoms with Gasteiger partial charge in [-0.05, 0) is 25.7 Å². The number of ether oxygens (including phenoxy) is 2. The maximum absolute atomic E-state index is 11.4. The standard InChI is InChI=1S/C20H24ClN5O3/c1-3-20(6-4-7-20)18-13(9-22)17(21)15-10-23-19(25-26(15)18)24-14-5-8-28-11-16(14)29-12(2)27/h10,14,16H,3-8,11H2,1-2H3,(H,24,25)/t14-,16-/m1/s1. The largest absolute Gasteiger partial charge is 0.458 e. The zero-order valence-corrected chi connectivity index (χ0v) is 17.3. The van der Waals surface area contributed by atoms with Crippen LogP contribution in [0.15, 0.2) is 6.20 Å². The number of rotatable bonds is 5. The highest BCUT2D eigenvalue weighted by atomic mass is 35.5. The van der Waals surface area contributed by atoms with Crippen LogP contribution in [0.4, 0.5) is 5.95 Å². The van der Waals surface area contributed by atoms with Gasteiger partial charge in [-0.2, -0.15) is 5.26 Å². The summed E-state index contributed by atoms with van der Waals surface area (Å²) in [6.07, 6.45) is 5.99. The minimum absolute atomic E-state index is 0.0777. The van der Waals surface area contributed by atoms with Gasteiger partial charge in [0.15, 0.2) is 0 Å². The minimum atomic E-state index is -0.406. The average Bonchev–Trinajstić information content (AvgIpc) is 2.94. The molecule has 2 aromatic rings. The fraction of sp³-hybridized carbons (Fsp3) is 0.600. The van der Waals surface area contributed by atoms with Crippen molar-refractivity contribution < 1.29 is 14.3 Å². The van der Waals surface area contributed by atoms with Crippen LogP contribution in [0, 0.1) is 11.3 Å². The van der Waals surface area contributed by atoms with E-state index in [0.29, 0.717) is 41.7 Å². The van der Waals surface area contributed by atoms with Crippen LogP contribution in [0.1, 0.15) is 57.2 Å². The first kappa shape index (κ1) is 19.9. The van der Waals surface area contributed by atoms with Crippen LogP contribution in [0.3, 0.4) is 0 Å². The van der Waals surface area contributed by atoms with E-state index in [0.717, 1.165) is 31.4 Å². The molecule has 9 heteroatoms. The third-order valence-corrected chi connectivity index (χ3v) is 6.55. The molecule has 8 nitrogen and oxygen atoms in total. The molecular weight excluding hydrogens is 394 g/mol. The number of nitrogens with zero attached hydrogens (tertiary/aromatic N) is 4. The summed E-state index contributed by atoms with van der Waals surface area (Å²) in [6.45, 7) is 4.42. The number of nitriles is 1. The molecule has 4 rings (SSSR count). The monoisotopic (exact) mass is 417 g/mol. The normalized spacial score (nSPS) is 23.2. The molecule has 0 radical (unpaired) electrons. The first-order valence-electron chi connectivity index (χ1n) is 9.98. The van der Waals surface area contributed by atoms with Crippen LogP contribution in [0.5, 0.6) is 0 Å². The molecule has 2 aromatic heterocycles. The number of fused-ring (bicyclic) bond motifs is 1. The quantitative estimate of drug-likeness (QED) is 0.745. The van der Waals surface area contributed by atoms with E-state index in [-0.39, 0.29) is 17.4 Å². The summed E-state index contributed by atoms with van der Waals surface area (Å²) >= 11 is 6.51. The fourth-order valence-electron chi connectivity index (χ4n) is 4.40. The number of aromatic nitrogens is 3. The Bertz CT molecular complexity index is 973. The minimum Gasteiger partial charge on any atom is -0.458 e. The van der Waals surface area contributed by atoms with Crippen LogP contribution in [0.25, 0.3) is 5.52 Å². The summed E-state index contributed by atoms with van der Waals surface area (Å²) in [5.74, 6) is 0.0567. The molecule has 2 atom stereocenters. The molecule has 1 N–H and O–H groups in total. The van der Waals surface area contributed by atoms with Gasteiger partial charge in [0.05, 0.1) is 35.1 Å². The predicted molar refractivity (Wildman–Crippen MR) is 107 cm³/mol. The van der Waals surface area contributed by atoms with E-state index in [1.807, 2.05) is 0 Å². The van der Waals surface area contributed by atoms with Gasteiger partial charge in [0.1, 0.15) is 17.7 Å². The molecule has 1 saturated carbocycles. The molecule has 2 aliphatic rings. The van der Waals surface area contributed by atoms with Crippen molar-refractivity contribution in [3.8, 4) is 6.07 Å². The zero-order chi connectivity index (χ0) is 20.6. The lowest BCUT2D eigenvalue weighted by Gasteiger charge is -2.41. The number of anilines is 1. The van der Waals surface area contributed by atoms with Gasteiger partial charge in [0.25, 0.3) is 0 Å². The lowest BCUT2D eigenvalue weighted by Crippen LogP contribution is -2.45. The third-order valence-electron chi connectivity index (χ3n) is 6.16. The average molecular weight is 418 g/mol. The topological polar surface area (TPSA) is 102 Å². The van der Waals surface area contributed by atoms with E-state index in [2.05, 4.69) is 28.4 Å². The van der Waals surface area contributed by atoms with Crippen molar-refractivity contribution in [3.63, 3.8) is 0 Å². The van der Waals surface area contributed by atoms with E-state index in [9.17, 15) is 10.1 Å². The molecule has 0 aromatic carbocycles. The van der Waals surface area contributed by atoms with E-state index in [4.69, 9.17) is 21.1 Å². The molecule has 1 aliphatic heterocycles. The van der Waals surface area contributed by atoms with Crippen LogP contribution in [-0.2, 0) is 19.7 Å². The first-order chi connectivity index (χ1) is 14.0. The Labute approximate surface area is 174 Å². The lowest BCUT2D eigenvalue weighted by atomic mass is 9.64. The molecule has 2 fully saturated rings. The second-order valence-corrected chi connectivity index (χ2v) is 8.16. The molecular formula is C20H24ClN5O3. The molecule has 154 valence electrons. The van der Waals surface area contributed by atoms with Crippen molar-refractivity contribution in [2.75, 3.05) is 18.5 Å². The van der Waals surface area contributed by atoms with Crippen LogP contribution in [-0.4, -0.2) is 45.9 Å². The summed E-state index contributed by atoms with van der Waals surface area (Å²) < 4.78 is 12.6. The van der Waals surface area contributed by atoms with E-state index >= 15 is 0 Å².